The fourth-order valence-corrected chi connectivity index (χ4v) is 2.01. The maximum atomic E-state index is 2.53. The van der Waals surface area contributed by atoms with Gasteiger partial charge in [-0.05, 0) is 26.2 Å². The molecular weight excluding hydrogens is 170 g/mol. The van der Waals surface area contributed by atoms with Gasteiger partial charge in [-0.1, -0.05) is 26.2 Å². The fraction of sp³-hybridized carbons (Fsp3) is 0.923. The van der Waals surface area contributed by atoms with Crippen LogP contribution in [0.15, 0.2) is 0 Å². The first-order valence-electron chi connectivity index (χ1n) is 6.44. The first kappa shape index (κ1) is 11.7. The predicted molar refractivity (Wildman–Crippen MR) is 63.2 cm³/mol. The third-order valence-corrected chi connectivity index (χ3v) is 3.32. The number of hydrogen-bond acceptors (Lipinski definition) is 0. The van der Waals surface area contributed by atoms with Gasteiger partial charge >= 0.3 is 0 Å². The zero-order valence-electron chi connectivity index (χ0n) is 9.97. The number of hydrogen-bond donors (Lipinski definition) is 0. The van der Waals surface area contributed by atoms with E-state index in [9.17, 15) is 0 Å². The van der Waals surface area contributed by atoms with Crippen molar-refractivity contribution in [1.29, 1.82) is 0 Å². The van der Waals surface area contributed by atoms with Gasteiger partial charge in [-0.15, -0.1) is 0 Å². The minimum absolute atomic E-state index is 1.01. The summed E-state index contributed by atoms with van der Waals surface area (Å²) in [4.78, 5) is 0. The minimum Gasteiger partial charge on any atom is -0.240 e. The molecule has 82 valence electrons. The highest BCUT2D eigenvalue weighted by Gasteiger charge is 2.21. The van der Waals surface area contributed by atoms with Gasteiger partial charge in [-0.2, -0.15) is 0 Å². The van der Waals surface area contributed by atoms with E-state index >= 15 is 0 Å². The van der Waals surface area contributed by atoms with E-state index in [1.165, 1.54) is 58.0 Å². The molecule has 0 bridgehead atoms. The van der Waals surface area contributed by atoms with Crippen LogP contribution in [0.25, 0.3) is 0 Å². The summed E-state index contributed by atoms with van der Waals surface area (Å²) in [6.45, 7) is 7.06. The Morgan fingerprint density at radius 3 is 2.50 bits per heavy atom. The van der Waals surface area contributed by atoms with Crippen LogP contribution in [0.1, 0.15) is 58.8 Å². The van der Waals surface area contributed by atoms with Gasteiger partial charge in [0.25, 0.3) is 0 Å². The standard InChI is InChI=1S/C13H26N/c1-3-5-6-7-11-14(4-2)12-13-9-8-10-13/h11,13H,3-10,12H2,1-2H3/q+1. The molecule has 0 aromatic rings. The molecule has 0 aromatic carbocycles. The van der Waals surface area contributed by atoms with Gasteiger partial charge in [0, 0.05) is 12.3 Å². The molecule has 0 saturated heterocycles. The molecule has 0 heterocycles. The quantitative estimate of drug-likeness (QED) is 0.333. The van der Waals surface area contributed by atoms with Crippen molar-refractivity contribution < 1.29 is 4.58 Å². The molecule has 0 spiro atoms. The van der Waals surface area contributed by atoms with Crippen molar-refractivity contribution in [3.8, 4) is 0 Å². The lowest BCUT2D eigenvalue weighted by Crippen LogP contribution is -2.26. The lowest BCUT2D eigenvalue weighted by Gasteiger charge is -2.22. The van der Waals surface area contributed by atoms with Crippen molar-refractivity contribution in [2.45, 2.75) is 58.8 Å². The van der Waals surface area contributed by atoms with Crippen LogP contribution < -0.4 is 0 Å². The molecular formula is C13H26N+. The lowest BCUT2D eigenvalue weighted by atomic mass is 9.85. The van der Waals surface area contributed by atoms with E-state index in [2.05, 4.69) is 24.6 Å². The molecule has 0 aliphatic heterocycles. The van der Waals surface area contributed by atoms with Crippen LogP contribution in [-0.2, 0) is 0 Å². The second-order valence-corrected chi connectivity index (χ2v) is 4.56. The normalized spacial score (nSPS) is 18.3. The third-order valence-electron chi connectivity index (χ3n) is 3.32. The Morgan fingerprint density at radius 2 is 2.00 bits per heavy atom. The topological polar surface area (TPSA) is 3.01 Å². The first-order valence-corrected chi connectivity index (χ1v) is 6.44. The largest absolute Gasteiger partial charge is 0.240 e. The first-order chi connectivity index (χ1) is 6.86. The summed E-state index contributed by atoms with van der Waals surface area (Å²) in [7, 11) is 0. The highest BCUT2D eigenvalue weighted by atomic mass is 15.0. The molecule has 1 nitrogen and oxygen atoms in total. The van der Waals surface area contributed by atoms with Gasteiger partial charge < -0.3 is 0 Å². The Balaban J connectivity index is 2.14. The summed E-state index contributed by atoms with van der Waals surface area (Å²) >= 11 is 0. The van der Waals surface area contributed by atoms with Gasteiger partial charge in [-0.3, -0.25) is 0 Å². The summed E-state index contributed by atoms with van der Waals surface area (Å²) in [6.07, 6.45) is 12.2. The van der Waals surface area contributed by atoms with Gasteiger partial charge in [-0.25, -0.2) is 4.58 Å². The van der Waals surface area contributed by atoms with Crippen molar-refractivity contribution in [3.63, 3.8) is 0 Å². The molecule has 0 atom stereocenters. The summed E-state index contributed by atoms with van der Waals surface area (Å²) < 4.78 is 2.53. The molecule has 1 aliphatic carbocycles. The highest BCUT2D eigenvalue weighted by molar-refractivity contribution is 5.50. The number of nitrogens with zero attached hydrogens (tertiary/aromatic N) is 1. The van der Waals surface area contributed by atoms with E-state index in [0.29, 0.717) is 0 Å². The van der Waals surface area contributed by atoms with Crippen LogP contribution in [0, 0.1) is 5.92 Å². The smallest absolute Gasteiger partial charge is 0.145 e. The fourth-order valence-electron chi connectivity index (χ4n) is 2.01. The van der Waals surface area contributed by atoms with Crippen LogP contribution in [0.4, 0.5) is 0 Å². The molecule has 0 N–H and O–H groups in total. The molecule has 14 heavy (non-hydrogen) atoms. The van der Waals surface area contributed by atoms with E-state index in [1.807, 2.05) is 0 Å². The van der Waals surface area contributed by atoms with Crippen LogP contribution in [0.5, 0.6) is 0 Å². The number of unbranched alkanes of at least 4 members (excludes halogenated alkanes) is 3. The molecule has 0 aromatic heterocycles. The zero-order chi connectivity index (χ0) is 10.2. The van der Waals surface area contributed by atoms with Crippen molar-refractivity contribution in [3.05, 3.63) is 0 Å². The molecule has 1 saturated carbocycles. The predicted octanol–water partition coefficient (Wildman–Crippen LogP) is 3.47. The van der Waals surface area contributed by atoms with Crippen molar-refractivity contribution in [2.24, 2.45) is 5.92 Å². The average molecular weight is 196 g/mol. The summed E-state index contributed by atoms with van der Waals surface area (Å²) in [5, 5.41) is 0. The maximum absolute atomic E-state index is 2.53. The maximum Gasteiger partial charge on any atom is 0.145 e. The van der Waals surface area contributed by atoms with E-state index in [4.69, 9.17) is 0 Å². The van der Waals surface area contributed by atoms with Crippen LogP contribution in [0.3, 0.4) is 0 Å². The molecule has 1 rings (SSSR count). The molecule has 1 aliphatic rings. The Kier molecular flexibility index (Phi) is 5.89. The molecule has 0 radical (unpaired) electrons. The Hall–Kier alpha value is -0.330. The van der Waals surface area contributed by atoms with Crippen molar-refractivity contribution >= 4 is 6.21 Å². The van der Waals surface area contributed by atoms with Crippen LogP contribution in [0.2, 0.25) is 0 Å². The van der Waals surface area contributed by atoms with Crippen molar-refractivity contribution in [1.82, 2.24) is 0 Å². The average Bonchev–Trinajstić information content (AvgIpc) is 2.14. The Labute approximate surface area is 89.2 Å². The monoisotopic (exact) mass is 196 g/mol. The Morgan fingerprint density at radius 1 is 1.21 bits per heavy atom. The minimum atomic E-state index is 1.01. The Bertz CT molecular complexity index is 168. The SMILES string of the molecule is CCCCCC=[N+](CC)CC1CCC1. The molecule has 1 fully saturated rings. The molecule has 0 unspecified atom stereocenters. The second kappa shape index (κ2) is 7.03. The van der Waals surface area contributed by atoms with Crippen molar-refractivity contribution in [2.75, 3.05) is 13.1 Å². The molecule has 0 amide bonds. The van der Waals surface area contributed by atoms with E-state index < -0.39 is 0 Å². The van der Waals surface area contributed by atoms with E-state index in [1.54, 1.807) is 0 Å². The van der Waals surface area contributed by atoms with Crippen LogP contribution in [-0.4, -0.2) is 23.9 Å². The third kappa shape index (κ3) is 4.26. The highest BCUT2D eigenvalue weighted by Crippen LogP contribution is 2.26. The second-order valence-electron chi connectivity index (χ2n) is 4.56. The lowest BCUT2D eigenvalue weighted by molar-refractivity contribution is -0.530. The van der Waals surface area contributed by atoms with E-state index in [0.717, 1.165) is 5.92 Å². The zero-order valence-corrected chi connectivity index (χ0v) is 9.97. The summed E-state index contributed by atoms with van der Waals surface area (Å²) in [5.74, 6) is 1.01. The van der Waals surface area contributed by atoms with E-state index in [-0.39, 0.29) is 0 Å². The van der Waals surface area contributed by atoms with Gasteiger partial charge in [0.1, 0.15) is 19.3 Å². The van der Waals surface area contributed by atoms with Gasteiger partial charge in [0.15, 0.2) is 0 Å². The molecule has 1 heteroatoms. The van der Waals surface area contributed by atoms with Crippen LogP contribution >= 0.6 is 0 Å². The summed E-state index contributed by atoms with van der Waals surface area (Å²) in [5.41, 5.74) is 0. The van der Waals surface area contributed by atoms with Gasteiger partial charge in [0.2, 0.25) is 0 Å². The summed E-state index contributed by atoms with van der Waals surface area (Å²) in [6, 6.07) is 0. The number of rotatable bonds is 7. The van der Waals surface area contributed by atoms with Gasteiger partial charge in [0.05, 0.1) is 0 Å².